The van der Waals surface area contributed by atoms with Crippen LogP contribution in [0.25, 0.3) is 0 Å². The second kappa shape index (κ2) is 2.35. The molecule has 0 aliphatic carbocycles. The Labute approximate surface area is 46.8 Å². The Balaban J connectivity index is 2.39. The van der Waals surface area contributed by atoms with E-state index in [1.54, 1.807) is 6.08 Å². The van der Waals surface area contributed by atoms with Crippen LogP contribution in [-0.4, -0.2) is 5.97 Å². The molecule has 1 rings (SSSR count). The van der Waals surface area contributed by atoms with Crippen LogP contribution in [0.1, 0.15) is 12.8 Å². The lowest BCUT2D eigenvalue weighted by Crippen LogP contribution is -1.98. The Kier molecular flexibility index (Phi) is 1.51. The van der Waals surface area contributed by atoms with Crippen molar-refractivity contribution < 1.29 is 14.6 Å². The van der Waals surface area contributed by atoms with Gasteiger partial charge in [0.15, 0.2) is 0 Å². The molecule has 0 bridgehead atoms. The van der Waals surface area contributed by atoms with Crippen LogP contribution >= 0.6 is 0 Å². The lowest BCUT2D eigenvalue weighted by molar-refractivity contribution is -0.236. The van der Waals surface area contributed by atoms with Crippen molar-refractivity contribution in [3.8, 4) is 0 Å². The Bertz CT molecular complexity index is 105. The van der Waals surface area contributed by atoms with Crippen LogP contribution in [0.2, 0.25) is 0 Å². The van der Waals surface area contributed by atoms with Crippen molar-refractivity contribution in [1.82, 2.24) is 0 Å². The van der Waals surface area contributed by atoms with Crippen LogP contribution < -0.4 is 0 Å². The fourth-order valence-corrected chi connectivity index (χ4v) is 0.432. The molecule has 1 aliphatic rings. The fourth-order valence-electron chi connectivity index (χ4n) is 0.432. The van der Waals surface area contributed by atoms with E-state index in [-0.39, 0.29) is 5.97 Å². The van der Waals surface area contributed by atoms with Gasteiger partial charge in [-0.05, 0) is 12.5 Å². The largest absolute Gasteiger partial charge is 0.355 e. The average molecular weight is 114 g/mol. The van der Waals surface area contributed by atoms with E-state index in [2.05, 4.69) is 9.78 Å². The molecule has 0 aromatic heterocycles. The van der Waals surface area contributed by atoms with E-state index < -0.39 is 0 Å². The van der Waals surface area contributed by atoms with Crippen molar-refractivity contribution in [2.24, 2.45) is 0 Å². The molecule has 0 N–H and O–H groups in total. The lowest BCUT2D eigenvalue weighted by atomic mass is 10.3. The molecule has 0 unspecified atom stereocenters. The predicted octanol–water partition coefficient (Wildman–Crippen LogP) is 0.769. The van der Waals surface area contributed by atoms with Crippen LogP contribution in [0.5, 0.6) is 0 Å². The molecule has 1 aliphatic heterocycles. The zero-order valence-corrected chi connectivity index (χ0v) is 4.29. The van der Waals surface area contributed by atoms with Crippen molar-refractivity contribution in [3.63, 3.8) is 0 Å². The second-order valence-electron chi connectivity index (χ2n) is 1.46. The first-order valence-electron chi connectivity index (χ1n) is 2.41. The molecule has 0 aromatic rings. The van der Waals surface area contributed by atoms with Gasteiger partial charge in [0, 0.05) is 0 Å². The smallest absolute Gasteiger partial charge is 0.295 e. The summed E-state index contributed by atoms with van der Waals surface area (Å²) < 4.78 is 0. The molecule has 0 aromatic carbocycles. The van der Waals surface area contributed by atoms with Crippen LogP contribution in [-0.2, 0) is 14.6 Å². The number of carbonyl (C=O) groups is 1. The minimum absolute atomic E-state index is 0.310. The number of hydrogen-bond acceptors (Lipinski definition) is 3. The van der Waals surface area contributed by atoms with Gasteiger partial charge < -0.3 is 0 Å². The Hall–Kier alpha value is -0.990. The molecule has 1 heterocycles. The average Bonchev–Trinajstić information content (AvgIpc) is 1.94. The minimum atomic E-state index is -0.310. The third-order valence-corrected chi connectivity index (χ3v) is 0.808. The van der Waals surface area contributed by atoms with Crippen LogP contribution in [0.15, 0.2) is 12.3 Å². The number of rotatable bonds is 0. The highest BCUT2D eigenvalue weighted by Crippen LogP contribution is 1.99. The Morgan fingerprint density at radius 2 is 2.50 bits per heavy atom. The molecule has 0 atom stereocenters. The molecular weight excluding hydrogens is 108 g/mol. The van der Waals surface area contributed by atoms with Crippen molar-refractivity contribution in [2.75, 3.05) is 0 Å². The predicted molar refractivity (Wildman–Crippen MR) is 25.6 cm³/mol. The molecule has 3 nitrogen and oxygen atoms in total. The van der Waals surface area contributed by atoms with Gasteiger partial charge in [0.05, 0.1) is 6.42 Å². The molecule has 0 fully saturated rings. The molecule has 0 radical (unpaired) electrons. The topological polar surface area (TPSA) is 35.5 Å². The third-order valence-electron chi connectivity index (χ3n) is 0.808. The van der Waals surface area contributed by atoms with Gasteiger partial charge in [0.1, 0.15) is 6.26 Å². The van der Waals surface area contributed by atoms with Crippen LogP contribution in [0.4, 0.5) is 0 Å². The van der Waals surface area contributed by atoms with Gasteiger partial charge in [-0.3, -0.25) is 9.78 Å². The summed E-state index contributed by atoms with van der Waals surface area (Å²) in [5.74, 6) is -0.310. The van der Waals surface area contributed by atoms with E-state index in [4.69, 9.17) is 0 Å². The summed E-state index contributed by atoms with van der Waals surface area (Å²) in [4.78, 5) is 18.7. The van der Waals surface area contributed by atoms with Gasteiger partial charge in [0.25, 0.3) is 0 Å². The van der Waals surface area contributed by atoms with Gasteiger partial charge in [-0.15, -0.1) is 0 Å². The first kappa shape index (κ1) is 5.15. The summed E-state index contributed by atoms with van der Waals surface area (Å²) in [6.45, 7) is 0. The highest BCUT2D eigenvalue weighted by atomic mass is 17.2. The molecular formula is C5H6O3. The van der Waals surface area contributed by atoms with Crippen molar-refractivity contribution in [2.45, 2.75) is 12.8 Å². The van der Waals surface area contributed by atoms with Gasteiger partial charge in [0.2, 0.25) is 0 Å². The quantitative estimate of drug-likeness (QED) is 0.436. The lowest BCUT2D eigenvalue weighted by Gasteiger charge is -1.92. The van der Waals surface area contributed by atoms with Crippen LogP contribution in [0.3, 0.4) is 0 Å². The van der Waals surface area contributed by atoms with Gasteiger partial charge >= 0.3 is 5.97 Å². The number of hydrogen-bond donors (Lipinski definition) is 0. The summed E-state index contributed by atoms with van der Waals surface area (Å²) in [5, 5.41) is 0. The first-order chi connectivity index (χ1) is 3.89. The first-order valence-corrected chi connectivity index (χ1v) is 2.41. The zero-order chi connectivity index (χ0) is 5.82. The highest BCUT2D eigenvalue weighted by molar-refractivity contribution is 5.68. The van der Waals surface area contributed by atoms with Crippen molar-refractivity contribution >= 4 is 5.97 Å². The fraction of sp³-hybridized carbons (Fsp3) is 0.400. The molecule has 3 heteroatoms. The summed E-state index contributed by atoms with van der Waals surface area (Å²) >= 11 is 0. The van der Waals surface area contributed by atoms with E-state index in [0.29, 0.717) is 12.8 Å². The van der Waals surface area contributed by atoms with Gasteiger partial charge in [-0.25, -0.2) is 4.79 Å². The van der Waals surface area contributed by atoms with E-state index in [0.717, 1.165) is 0 Å². The highest BCUT2D eigenvalue weighted by Gasteiger charge is 2.03. The molecule has 0 amide bonds. The maximum absolute atomic E-state index is 10.3. The molecule has 44 valence electrons. The molecule has 0 saturated carbocycles. The minimum Gasteiger partial charge on any atom is -0.295 e. The standard InChI is InChI=1S/C5H6O3/c6-5-3-1-2-4-7-8-5/h2,4H,1,3H2. The van der Waals surface area contributed by atoms with Crippen molar-refractivity contribution in [3.05, 3.63) is 12.3 Å². The zero-order valence-electron chi connectivity index (χ0n) is 4.29. The Morgan fingerprint density at radius 1 is 1.62 bits per heavy atom. The SMILES string of the molecule is O=C1CCC=COO1. The third kappa shape index (κ3) is 1.26. The summed E-state index contributed by atoms with van der Waals surface area (Å²) in [5.41, 5.74) is 0. The number of allylic oxidation sites excluding steroid dienone is 1. The second-order valence-corrected chi connectivity index (χ2v) is 1.46. The van der Waals surface area contributed by atoms with E-state index in [9.17, 15) is 4.79 Å². The number of carbonyl (C=O) groups excluding carboxylic acids is 1. The normalized spacial score (nSPS) is 18.8. The van der Waals surface area contributed by atoms with E-state index in [1.165, 1.54) is 6.26 Å². The molecule has 0 spiro atoms. The van der Waals surface area contributed by atoms with Gasteiger partial charge in [-0.1, -0.05) is 0 Å². The maximum Gasteiger partial charge on any atom is 0.355 e. The summed E-state index contributed by atoms with van der Waals surface area (Å²) in [6.07, 6.45) is 4.23. The summed E-state index contributed by atoms with van der Waals surface area (Å²) in [7, 11) is 0. The molecule has 8 heavy (non-hydrogen) atoms. The Morgan fingerprint density at radius 3 is 3.38 bits per heavy atom. The van der Waals surface area contributed by atoms with Crippen LogP contribution in [0, 0.1) is 0 Å². The van der Waals surface area contributed by atoms with Crippen molar-refractivity contribution in [1.29, 1.82) is 0 Å². The molecule has 0 saturated heterocycles. The maximum atomic E-state index is 10.3. The van der Waals surface area contributed by atoms with E-state index in [1.807, 2.05) is 0 Å². The van der Waals surface area contributed by atoms with E-state index >= 15 is 0 Å². The monoisotopic (exact) mass is 114 g/mol. The summed E-state index contributed by atoms with van der Waals surface area (Å²) in [6, 6.07) is 0. The van der Waals surface area contributed by atoms with Gasteiger partial charge in [-0.2, -0.15) is 0 Å².